The Morgan fingerprint density at radius 1 is 0.971 bits per heavy atom. The van der Waals surface area contributed by atoms with Gasteiger partial charge in [0.15, 0.2) is 0 Å². The fourth-order valence-corrected chi connectivity index (χ4v) is 5.56. The second-order valence-corrected chi connectivity index (χ2v) is 10.4. The summed E-state index contributed by atoms with van der Waals surface area (Å²) in [6.45, 7) is 3.68. The van der Waals surface area contributed by atoms with Crippen molar-refractivity contribution in [3.8, 4) is 0 Å². The van der Waals surface area contributed by atoms with Crippen LogP contribution in [0.2, 0.25) is 0 Å². The minimum atomic E-state index is -0.854. The number of aryl methyl sites for hydroxylation is 4. The van der Waals surface area contributed by atoms with E-state index in [4.69, 9.17) is 4.74 Å². The van der Waals surface area contributed by atoms with Crippen molar-refractivity contribution in [1.29, 1.82) is 0 Å². The lowest BCUT2D eigenvalue weighted by molar-refractivity contribution is 0.0800. The molecular formula is C31H36N2O2. The predicted octanol–water partition coefficient (Wildman–Crippen LogP) is 6.38. The lowest BCUT2D eigenvalue weighted by Crippen LogP contribution is -2.15. The van der Waals surface area contributed by atoms with Gasteiger partial charge in [-0.15, -0.1) is 0 Å². The molecule has 1 atom stereocenters. The fourth-order valence-electron chi connectivity index (χ4n) is 5.56. The molecule has 0 spiro atoms. The molecule has 0 saturated heterocycles. The molecule has 2 aromatic carbocycles. The second kappa shape index (κ2) is 9.96. The number of H-pyrrole nitrogens is 1. The van der Waals surface area contributed by atoms with Crippen LogP contribution in [0.1, 0.15) is 71.9 Å². The first-order valence-electron chi connectivity index (χ1n) is 12.8. The van der Waals surface area contributed by atoms with Crippen LogP contribution in [0.15, 0.2) is 60.9 Å². The Morgan fingerprint density at radius 3 is 2.49 bits per heavy atom. The average Bonchev–Trinajstić information content (AvgIpc) is 3.47. The van der Waals surface area contributed by atoms with Crippen LogP contribution < -0.4 is 0 Å². The zero-order valence-corrected chi connectivity index (χ0v) is 21.1. The number of nitrogens with one attached hydrogen (secondary N) is 1. The van der Waals surface area contributed by atoms with E-state index >= 15 is 0 Å². The summed E-state index contributed by atoms with van der Waals surface area (Å²) < 4.78 is 5.59. The summed E-state index contributed by atoms with van der Waals surface area (Å²) in [4.78, 5) is 7.98. The first-order valence-corrected chi connectivity index (χ1v) is 12.8. The molecule has 1 aliphatic carbocycles. The molecule has 0 radical (unpaired) electrons. The molecule has 0 bridgehead atoms. The number of aliphatic hydroxyl groups is 1. The van der Waals surface area contributed by atoms with Gasteiger partial charge < -0.3 is 14.8 Å². The number of nitrogens with zero attached hydrogens (tertiary/aromatic N) is 1. The number of rotatable bonds is 9. The van der Waals surface area contributed by atoms with Gasteiger partial charge in [0.1, 0.15) is 0 Å². The van der Waals surface area contributed by atoms with Crippen LogP contribution in [0, 0.1) is 0 Å². The lowest BCUT2D eigenvalue weighted by atomic mass is 9.94. The molecular weight excluding hydrogens is 432 g/mol. The largest absolute Gasteiger partial charge is 0.386 e. The van der Waals surface area contributed by atoms with Crippen molar-refractivity contribution in [2.24, 2.45) is 0 Å². The van der Waals surface area contributed by atoms with Gasteiger partial charge in [0, 0.05) is 30.5 Å². The number of hydrogen-bond acceptors (Lipinski definition) is 3. The van der Waals surface area contributed by atoms with Crippen LogP contribution in [0.3, 0.4) is 0 Å². The number of aromatic nitrogens is 2. The lowest BCUT2D eigenvalue weighted by Gasteiger charge is -2.18. The Hall–Kier alpha value is -2.95. The van der Waals surface area contributed by atoms with Gasteiger partial charge >= 0.3 is 0 Å². The Bertz CT molecular complexity index is 1300. The maximum Gasteiger partial charge on any atom is 0.0996 e. The van der Waals surface area contributed by atoms with Crippen molar-refractivity contribution in [2.75, 3.05) is 7.11 Å². The van der Waals surface area contributed by atoms with Crippen molar-refractivity contribution < 1.29 is 9.84 Å². The number of para-hydroxylation sites is 1. The van der Waals surface area contributed by atoms with E-state index in [0.29, 0.717) is 0 Å². The van der Waals surface area contributed by atoms with Gasteiger partial charge in [-0.25, -0.2) is 0 Å². The summed E-state index contributed by atoms with van der Waals surface area (Å²) in [5.41, 5.74) is 9.22. The van der Waals surface area contributed by atoms with Crippen molar-refractivity contribution in [3.63, 3.8) is 0 Å². The maximum absolute atomic E-state index is 10.5. The zero-order valence-electron chi connectivity index (χ0n) is 21.1. The third-order valence-electron chi connectivity index (χ3n) is 7.51. The summed E-state index contributed by atoms with van der Waals surface area (Å²) >= 11 is 0. The van der Waals surface area contributed by atoms with Crippen molar-refractivity contribution in [3.05, 3.63) is 100.0 Å². The van der Waals surface area contributed by atoms with Gasteiger partial charge in [-0.3, -0.25) is 4.98 Å². The molecule has 0 amide bonds. The van der Waals surface area contributed by atoms with E-state index in [2.05, 4.69) is 52.6 Å². The highest BCUT2D eigenvalue weighted by Crippen LogP contribution is 2.34. The van der Waals surface area contributed by atoms with E-state index < -0.39 is 5.60 Å². The molecule has 0 saturated carbocycles. The molecule has 1 aliphatic rings. The molecule has 1 unspecified atom stereocenters. The molecule has 4 nitrogen and oxygen atoms in total. The smallest absolute Gasteiger partial charge is 0.0996 e. The first-order chi connectivity index (χ1) is 16.9. The zero-order chi connectivity index (χ0) is 24.4. The highest BCUT2D eigenvalue weighted by Gasteiger charge is 2.25. The predicted molar refractivity (Wildman–Crippen MR) is 142 cm³/mol. The van der Waals surface area contributed by atoms with Gasteiger partial charge in [0.25, 0.3) is 0 Å². The Labute approximate surface area is 208 Å². The highest BCUT2D eigenvalue weighted by atomic mass is 16.5. The van der Waals surface area contributed by atoms with Crippen LogP contribution in [0.5, 0.6) is 0 Å². The van der Waals surface area contributed by atoms with Gasteiger partial charge in [-0.2, -0.15) is 0 Å². The average molecular weight is 469 g/mol. The third kappa shape index (κ3) is 5.05. The minimum Gasteiger partial charge on any atom is -0.386 e. The van der Waals surface area contributed by atoms with E-state index in [1.165, 1.54) is 33.2 Å². The quantitative estimate of drug-likeness (QED) is 0.299. The summed E-state index contributed by atoms with van der Waals surface area (Å²) in [7, 11) is 1.78. The molecule has 2 aromatic heterocycles. The number of fused-ring (bicyclic) bond motifs is 2. The number of ether oxygens (including phenoxy) is 1. The second-order valence-electron chi connectivity index (χ2n) is 10.4. The Balaban J connectivity index is 1.17. The fraction of sp³-hybridized carbons (Fsp3) is 0.387. The summed E-state index contributed by atoms with van der Waals surface area (Å²) in [6.07, 6.45) is 11.6. The summed E-state index contributed by atoms with van der Waals surface area (Å²) in [6, 6.07) is 17.5. The molecule has 2 heterocycles. The number of benzene rings is 2. The molecule has 0 fully saturated rings. The topological polar surface area (TPSA) is 58.1 Å². The van der Waals surface area contributed by atoms with Gasteiger partial charge in [-0.05, 0) is 92.7 Å². The molecule has 0 aliphatic heterocycles. The SMILES string of the molecule is COC1CCc2c(CCc3ccc(CCCc4c[nH]c5c(C(C)(C)O)cccc45)cc3)ccnc21. The van der Waals surface area contributed by atoms with E-state index in [-0.39, 0.29) is 6.10 Å². The molecule has 35 heavy (non-hydrogen) atoms. The summed E-state index contributed by atoms with van der Waals surface area (Å²) in [5, 5.41) is 11.7. The highest BCUT2D eigenvalue weighted by molar-refractivity contribution is 5.86. The Kier molecular flexibility index (Phi) is 6.77. The minimum absolute atomic E-state index is 0.164. The number of methoxy groups -OCH3 is 1. The maximum atomic E-state index is 10.5. The summed E-state index contributed by atoms with van der Waals surface area (Å²) in [5.74, 6) is 0. The molecule has 182 valence electrons. The van der Waals surface area contributed by atoms with Gasteiger partial charge in [-0.1, -0.05) is 42.5 Å². The number of hydrogen-bond donors (Lipinski definition) is 2. The van der Waals surface area contributed by atoms with Gasteiger partial charge in [0.2, 0.25) is 0 Å². The monoisotopic (exact) mass is 468 g/mol. The van der Waals surface area contributed by atoms with E-state index in [1.807, 2.05) is 32.2 Å². The van der Waals surface area contributed by atoms with Crippen molar-refractivity contribution in [2.45, 2.75) is 70.5 Å². The van der Waals surface area contributed by atoms with Crippen molar-refractivity contribution >= 4 is 10.9 Å². The van der Waals surface area contributed by atoms with Gasteiger partial charge in [0.05, 0.1) is 22.9 Å². The normalized spacial score (nSPS) is 15.6. The van der Waals surface area contributed by atoms with Crippen molar-refractivity contribution in [1.82, 2.24) is 9.97 Å². The molecule has 4 aromatic rings. The van der Waals surface area contributed by atoms with Crippen LogP contribution >= 0.6 is 0 Å². The van der Waals surface area contributed by atoms with Crippen LogP contribution in [0.4, 0.5) is 0 Å². The van der Waals surface area contributed by atoms with E-state index in [0.717, 1.165) is 61.7 Å². The molecule has 5 rings (SSSR count). The first kappa shape index (κ1) is 23.8. The van der Waals surface area contributed by atoms with Crippen LogP contribution in [-0.2, 0) is 42.4 Å². The standard InChI is InChI=1S/C31H36N2O2/c1-31(2,34)27-9-5-8-25-24(20-33-29(25)27)7-4-6-21-10-12-22(13-11-21)14-15-23-18-19-32-30-26(23)16-17-28(30)35-3/h5,8-13,18-20,28,33-34H,4,6-7,14-17H2,1-3H3. The van der Waals surface area contributed by atoms with Crippen LogP contribution in [-0.4, -0.2) is 22.2 Å². The number of pyridine rings is 1. The number of aromatic amines is 1. The molecule has 4 heteroatoms. The third-order valence-corrected chi connectivity index (χ3v) is 7.51. The van der Waals surface area contributed by atoms with E-state index in [9.17, 15) is 5.11 Å². The Morgan fingerprint density at radius 2 is 1.74 bits per heavy atom. The van der Waals surface area contributed by atoms with E-state index in [1.54, 1.807) is 7.11 Å². The molecule has 2 N–H and O–H groups in total. The van der Waals surface area contributed by atoms with Crippen LogP contribution in [0.25, 0.3) is 10.9 Å².